The van der Waals surface area contributed by atoms with Crippen LogP contribution in [0.1, 0.15) is 13.8 Å². The average Bonchev–Trinajstić information content (AvgIpc) is 1.97. The van der Waals surface area contributed by atoms with Crippen molar-refractivity contribution in [3.8, 4) is 0 Å². The van der Waals surface area contributed by atoms with Gasteiger partial charge in [0.05, 0.1) is 12.1 Å². The van der Waals surface area contributed by atoms with Gasteiger partial charge in [0.1, 0.15) is 0 Å². The first-order valence-corrected chi connectivity index (χ1v) is 4.42. The van der Waals surface area contributed by atoms with E-state index in [2.05, 4.69) is 0 Å². The highest BCUT2D eigenvalue weighted by molar-refractivity contribution is 5.73. The highest BCUT2D eigenvalue weighted by atomic mass is 16.3. The maximum Gasteiger partial charge on any atom is 0.219 e. The molecule has 0 saturated heterocycles. The highest BCUT2D eigenvalue weighted by Crippen LogP contribution is 2.04. The number of carbonyl (C=O) groups excluding carboxylic acids is 1. The van der Waals surface area contributed by atoms with E-state index in [1.807, 2.05) is 19.0 Å². The van der Waals surface area contributed by atoms with Gasteiger partial charge in [0.15, 0.2) is 0 Å². The van der Waals surface area contributed by atoms with Crippen LogP contribution in [0.5, 0.6) is 0 Å². The fourth-order valence-electron chi connectivity index (χ4n) is 1.21. The number of aliphatic hydroxyl groups is 1. The summed E-state index contributed by atoms with van der Waals surface area (Å²) in [5, 5.41) is 9.46. The van der Waals surface area contributed by atoms with Crippen LogP contribution in [0.25, 0.3) is 0 Å². The minimum Gasteiger partial charge on any atom is -0.391 e. The Balaban J connectivity index is 4.32. The van der Waals surface area contributed by atoms with Crippen molar-refractivity contribution in [3.05, 3.63) is 0 Å². The lowest BCUT2D eigenvalue weighted by Crippen LogP contribution is -2.48. The summed E-state index contributed by atoms with van der Waals surface area (Å²) in [4.78, 5) is 14.6. The molecule has 0 rings (SSSR count). The molecule has 0 spiro atoms. The van der Waals surface area contributed by atoms with Crippen LogP contribution in [0.15, 0.2) is 0 Å². The van der Waals surface area contributed by atoms with Gasteiger partial charge in [0.25, 0.3) is 0 Å². The lowest BCUT2D eigenvalue weighted by Gasteiger charge is -2.31. The van der Waals surface area contributed by atoms with Gasteiger partial charge in [-0.05, 0) is 21.0 Å². The zero-order chi connectivity index (χ0) is 10.6. The second-order valence-electron chi connectivity index (χ2n) is 3.70. The third-order valence-corrected chi connectivity index (χ3v) is 2.10. The van der Waals surface area contributed by atoms with Crippen LogP contribution in [-0.2, 0) is 4.79 Å². The normalized spacial score (nSPS) is 15.6. The topological polar surface area (TPSA) is 43.8 Å². The lowest BCUT2D eigenvalue weighted by atomic mass is 10.1. The highest BCUT2D eigenvalue weighted by Gasteiger charge is 2.22. The Morgan fingerprint density at radius 2 is 1.85 bits per heavy atom. The quantitative estimate of drug-likeness (QED) is 0.663. The standard InChI is InChI=1S/C9H20N2O2/c1-7(12)9(6-10(3)4)11(5)8(2)13/h7,9,12H,6H2,1-5H3/t7?,9-/m0/s1. The summed E-state index contributed by atoms with van der Waals surface area (Å²) in [6, 6.07) is -0.132. The number of rotatable bonds is 4. The van der Waals surface area contributed by atoms with E-state index in [1.165, 1.54) is 6.92 Å². The van der Waals surface area contributed by atoms with Gasteiger partial charge in [-0.25, -0.2) is 0 Å². The van der Waals surface area contributed by atoms with E-state index in [0.717, 1.165) is 0 Å². The molecule has 0 bridgehead atoms. The Morgan fingerprint density at radius 1 is 1.38 bits per heavy atom. The number of nitrogens with zero attached hydrogens (tertiary/aromatic N) is 2. The van der Waals surface area contributed by atoms with Gasteiger partial charge in [0.2, 0.25) is 5.91 Å². The molecule has 0 fully saturated rings. The third kappa shape index (κ3) is 4.24. The number of carbonyl (C=O) groups is 1. The van der Waals surface area contributed by atoms with Gasteiger partial charge in [-0.1, -0.05) is 0 Å². The molecule has 2 atom stereocenters. The van der Waals surface area contributed by atoms with E-state index in [4.69, 9.17) is 0 Å². The first-order valence-electron chi connectivity index (χ1n) is 4.42. The van der Waals surface area contributed by atoms with Crippen molar-refractivity contribution in [1.29, 1.82) is 0 Å². The Kier molecular flexibility index (Phi) is 4.95. The van der Waals surface area contributed by atoms with Crippen LogP contribution in [0.2, 0.25) is 0 Å². The predicted octanol–water partition coefficient (Wildman–Crippen LogP) is -0.224. The van der Waals surface area contributed by atoms with Gasteiger partial charge >= 0.3 is 0 Å². The fraction of sp³-hybridized carbons (Fsp3) is 0.889. The van der Waals surface area contributed by atoms with Crippen molar-refractivity contribution in [2.75, 3.05) is 27.7 Å². The number of likely N-dealkylation sites (N-methyl/N-ethyl adjacent to an activating group) is 2. The smallest absolute Gasteiger partial charge is 0.219 e. The Bertz CT molecular complexity index is 169. The fourth-order valence-corrected chi connectivity index (χ4v) is 1.21. The van der Waals surface area contributed by atoms with E-state index in [-0.39, 0.29) is 11.9 Å². The second kappa shape index (κ2) is 5.19. The molecule has 1 amide bonds. The van der Waals surface area contributed by atoms with Crippen LogP contribution in [0.3, 0.4) is 0 Å². The molecule has 1 N–H and O–H groups in total. The van der Waals surface area contributed by atoms with Crippen LogP contribution in [0.4, 0.5) is 0 Å². The Morgan fingerprint density at radius 3 is 2.08 bits per heavy atom. The molecule has 0 aromatic rings. The molecule has 0 saturated carbocycles. The van der Waals surface area contributed by atoms with Gasteiger partial charge in [-0.3, -0.25) is 4.79 Å². The molecular formula is C9H20N2O2. The zero-order valence-corrected chi connectivity index (χ0v) is 9.11. The molecule has 0 radical (unpaired) electrons. The van der Waals surface area contributed by atoms with Crippen molar-refractivity contribution in [3.63, 3.8) is 0 Å². The molecular weight excluding hydrogens is 168 g/mol. The number of amides is 1. The first kappa shape index (κ1) is 12.4. The number of hydrogen-bond acceptors (Lipinski definition) is 3. The predicted molar refractivity (Wildman–Crippen MR) is 52.5 cm³/mol. The molecule has 0 aliphatic rings. The van der Waals surface area contributed by atoms with E-state index < -0.39 is 6.10 Å². The van der Waals surface area contributed by atoms with Crippen LogP contribution in [0, 0.1) is 0 Å². The monoisotopic (exact) mass is 188 g/mol. The number of aliphatic hydroxyl groups excluding tert-OH is 1. The van der Waals surface area contributed by atoms with Gasteiger partial charge in [-0.2, -0.15) is 0 Å². The van der Waals surface area contributed by atoms with E-state index in [1.54, 1.807) is 18.9 Å². The van der Waals surface area contributed by atoms with Crippen molar-refractivity contribution in [1.82, 2.24) is 9.80 Å². The van der Waals surface area contributed by atoms with E-state index in [0.29, 0.717) is 6.54 Å². The largest absolute Gasteiger partial charge is 0.391 e. The number of hydrogen-bond donors (Lipinski definition) is 1. The second-order valence-corrected chi connectivity index (χ2v) is 3.70. The molecule has 1 unspecified atom stereocenters. The Labute approximate surface area is 80.1 Å². The van der Waals surface area contributed by atoms with Crippen molar-refractivity contribution >= 4 is 5.91 Å². The minimum atomic E-state index is -0.503. The zero-order valence-electron chi connectivity index (χ0n) is 9.11. The average molecular weight is 188 g/mol. The molecule has 0 aliphatic heterocycles. The van der Waals surface area contributed by atoms with E-state index in [9.17, 15) is 9.90 Å². The van der Waals surface area contributed by atoms with Gasteiger partial charge in [0, 0.05) is 20.5 Å². The molecule has 4 nitrogen and oxygen atoms in total. The lowest BCUT2D eigenvalue weighted by molar-refractivity contribution is -0.132. The molecule has 0 aliphatic carbocycles. The SMILES string of the molecule is CC(=O)N(C)[C@@H](CN(C)C)C(C)O. The van der Waals surface area contributed by atoms with Gasteiger partial charge in [-0.15, -0.1) is 0 Å². The maximum absolute atomic E-state index is 11.1. The first-order chi connectivity index (χ1) is 5.86. The van der Waals surface area contributed by atoms with Crippen LogP contribution < -0.4 is 0 Å². The Hall–Kier alpha value is -0.610. The summed E-state index contributed by atoms with van der Waals surface area (Å²) in [7, 11) is 5.55. The molecule has 4 heteroatoms. The molecule has 0 heterocycles. The summed E-state index contributed by atoms with van der Waals surface area (Å²) in [6.07, 6.45) is -0.503. The van der Waals surface area contributed by atoms with Crippen molar-refractivity contribution in [2.24, 2.45) is 0 Å². The van der Waals surface area contributed by atoms with Crippen LogP contribution in [-0.4, -0.2) is 60.6 Å². The molecule has 0 aromatic carbocycles. The van der Waals surface area contributed by atoms with Crippen molar-refractivity contribution in [2.45, 2.75) is 26.0 Å². The van der Waals surface area contributed by atoms with Gasteiger partial charge < -0.3 is 14.9 Å². The van der Waals surface area contributed by atoms with Crippen molar-refractivity contribution < 1.29 is 9.90 Å². The molecule has 78 valence electrons. The van der Waals surface area contributed by atoms with Crippen LogP contribution >= 0.6 is 0 Å². The molecule has 0 aromatic heterocycles. The minimum absolute atomic E-state index is 0.0206. The third-order valence-electron chi connectivity index (χ3n) is 2.10. The summed E-state index contributed by atoms with van der Waals surface area (Å²) in [5.41, 5.74) is 0. The summed E-state index contributed by atoms with van der Waals surface area (Å²) >= 11 is 0. The summed E-state index contributed by atoms with van der Waals surface area (Å²) in [5.74, 6) is -0.0206. The summed E-state index contributed by atoms with van der Waals surface area (Å²) < 4.78 is 0. The molecule has 13 heavy (non-hydrogen) atoms. The van der Waals surface area contributed by atoms with E-state index >= 15 is 0 Å². The summed E-state index contributed by atoms with van der Waals surface area (Å²) in [6.45, 7) is 3.88. The maximum atomic E-state index is 11.1.